The van der Waals surface area contributed by atoms with E-state index < -0.39 is 12.1 Å². The van der Waals surface area contributed by atoms with Gasteiger partial charge in [-0.3, -0.25) is 4.79 Å². The molecule has 29 heavy (non-hydrogen) atoms. The summed E-state index contributed by atoms with van der Waals surface area (Å²) in [5.41, 5.74) is 1.91. The SMILES string of the molecule is COc1cc(C(=O)O[C@@H](C)C(=O)N2CCCC2)ccc1OCc1c(C)noc1C. The minimum Gasteiger partial charge on any atom is -0.493 e. The number of carbonyl (C=O) groups is 2. The molecule has 0 spiro atoms. The summed E-state index contributed by atoms with van der Waals surface area (Å²) >= 11 is 0. The number of methoxy groups -OCH3 is 1. The van der Waals surface area contributed by atoms with Gasteiger partial charge in [0.05, 0.1) is 23.9 Å². The third-order valence-corrected chi connectivity index (χ3v) is 5.00. The van der Waals surface area contributed by atoms with Crippen LogP contribution in [0.15, 0.2) is 22.7 Å². The van der Waals surface area contributed by atoms with Crippen molar-refractivity contribution in [3.05, 3.63) is 40.8 Å². The first-order valence-electron chi connectivity index (χ1n) is 9.63. The normalized spacial score (nSPS) is 14.6. The second-order valence-corrected chi connectivity index (χ2v) is 7.04. The fourth-order valence-electron chi connectivity index (χ4n) is 3.25. The van der Waals surface area contributed by atoms with Gasteiger partial charge in [-0.05, 0) is 51.8 Å². The van der Waals surface area contributed by atoms with E-state index in [1.54, 1.807) is 24.0 Å². The van der Waals surface area contributed by atoms with Gasteiger partial charge in [0.15, 0.2) is 17.6 Å². The van der Waals surface area contributed by atoms with E-state index in [0.717, 1.165) is 24.1 Å². The van der Waals surface area contributed by atoms with Gasteiger partial charge in [-0.15, -0.1) is 0 Å². The van der Waals surface area contributed by atoms with Crippen LogP contribution in [0.1, 0.15) is 47.1 Å². The van der Waals surface area contributed by atoms with Gasteiger partial charge < -0.3 is 23.6 Å². The maximum absolute atomic E-state index is 12.5. The largest absolute Gasteiger partial charge is 0.493 e. The summed E-state index contributed by atoms with van der Waals surface area (Å²) < 4.78 is 21.7. The molecule has 0 radical (unpaired) electrons. The number of carbonyl (C=O) groups excluding carboxylic acids is 2. The van der Waals surface area contributed by atoms with Gasteiger partial charge in [0.25, 0.3) is 5.91 Å². The van der Waals surface area contributed by atoms with Crippen molar-refractivity contribution in [2.75, 3.05) is 20.2 Å². The van der Waals surface area contributed by atoms with Crippen molar-refractivity contribution in [1.29, 1.82) is 0 Å². The van der Waals surface area contributed by atoms with Crippen LogP contribution in [0.25, 0.3) is 0 Å². The summed E-state index contributed by atoms with van der Waals surface area (Å²) in [7, 11) is 1.49. The average molecular weight is 402 g/mol. The molecule has 1 aromatic heterocycles. The van der Waals surface area contributed by atoms with Crippen molar-refractivity contribution >= 4 is 11.9 Å². The lowest BCUT2D eigenvalue weighted by atomic mass is 10.2. The van der Waals surface area contributed by atoms with Gasteiger partial charge in [0.1, 0.15) is 12.4 Å². The lowest BCUT2D eigenvalue weighted by molar-refractivity contribution is -0.138. The molecule has 8 heteroatoms. The lowest BCUT2D eigenvalue weighted by Gasteiger charge is -2.20. The number of hydrogen-bond donors (Lipinski definition) is 0. The standard InChI is InChI=1S/C21H26N2O6/c1-13-17(14(2)29-22-13)12-27-18-8-7-16(11-19(18)26-4)21(25)28-15(3)20(24)23-9-5-6-10-23/h7-8,11,15H,5-6,9-10,12H2,1-4H3/t15-/m0/s1. The zero-order valence-corrected chi connectivity index (χ0v) is 17.2. The number of esters is 1. The highest BCUT2D eigenvalue weighted by Gasteiger charge is 2.26. The summed E-state index contributed by atoms with van der Waals surface area (Å²) in [6.07, 6.45) is 1.14. The van der Waals surface area contributed by atoms with E-state index in [0.29, 0.717) is 30.3 Å². The Balaban J connectivity index is 1.65. The van der Waals surface area contributed by atoms with E-state index in [1.165, 1.54) is 13.2 Å². The zero-order chi connectivity index (χ0) is 21.0. The van der Waals surface area contributed by atoms with Gasteiger partial charge >= 0.3 is 5.97 Å². The van der Waals surface area contributed by atoms with E-state index in [1.807, 2.05) is 13.8 Å². The zero-order valence-electron chi connectivity index (χ0n) is 17.2. The molecular weight excluding hydrogens is 376 g/mol. The van der Waals surface area contributed by atoms with E-state index in [4.69, 9.17) is 18.7 Å². The van der Waals surface area contributed by atoms with Gasteiger partial charge in [-0.25, -0.2) is 4.79 Å². The van der Waals surface area contributed by atoms with E-state index in [2.05, 4.69) is 5.16 Å². The summed E-state index contributed by atoms with van der Waals surface area (Å²) in [6.45, 7) is 6.95. The third-order valence-electron chi connectivity index (χ3n) is 5.00. The number of rotatable bonds is 7. The molecule has 3 rings (SSSR count). The van der Waals surface area contributed by atoms with Crippen molar-refractivity contribution in [2.45, 2.75) is 46.3 Å². The first-order valence-corrected chi connectivity index (χ1v) is 9.63. The minimum absolute atomic E-state index is 0.165. The highest BCUT2D eigenvalue weighted by Crippen LogP contribution is 2.30. The van der Waals surface area contributed by atoms with Crippen LogP contribution in [0.4, 0.5) is 0 Å². The third kappa shape index (κ3) is 4.70. The van der Waals surface area contributed by atoms with Crippen LogP contribution < -0.4 is 9.47 Å². The molecule has 0 unspecified atom stereocenters. The monoisotopic (exact) mass is 402 g/mol. The van der Waals surface area contributed by atoms with Crippen LogP contribution in [-0.4, -0.2) is 48.2 Å². The Labute approximate surface area is 169 Å². The highest BCUT2D eigenvalue weighted by atomic mass is 16.5. The fourth-order valence-corrected chi connectivity index (χ4v) is 3.25. The molecule has 1 aliphatic heterocycles. The molecule has 156 valence electrons. The lowest BCUT2D eigenvalue weighted by Crippen LogP contribution is -2.38. The fraction of sp³-hybridized carbons (Fsp3) is 0.476. The smallest absolute Gasteiger partial charge is 0.339 e. The van der Waals surface area contributed by atoms with Crippen molar-refractivity contribution in [2.24, 2.45) is 0 Å². The predicted octanol–water partition coefficient (Wildman–Crippen LogP) is 3.05. The molecule has 1 atom stereocenters. The van der Waals surface area contributed by atoms with Crippen LogP contribution in [0.5, 0.6) is 11.5 Å². The quantitative estimate of drug-likeness (QED) is 0.657. The predicted molar refractivity (Wildman–Crippen MR) is 104 cm³/mol. The average Bonchev–Trinajstić information content (AvgIpc) is 3.36. The van der Waals surface area contributed by atoms with Crippen LogP contribution in [0.3, 0.4) is 0 Å². The van der Waals surface area contributed by atoms with Crippen LogP contribution in [-0.2, 0) is 16.1 Å². The van der Waals surface area contributed by atoms with E-state index >= 15 is 0 Å². The number of benzene rings is 1. The van der Waals surface area contributed by atoms with Crippen molar-refractivity contribution < 1.29 is 28.3 Å². The van der Waals surface area contributed by atoms with Crippen molar-refractivity contribution in [3.8, 4) is 11.5 Å². The first kappa shape index (κ1) is 20.7. The number of aromatic nitrogens is 1. The van der Waals surface area contributed by atoms with Crippen LogP contribution >= 0.6 is 0 Å². The molecule has 2 aromatic rings. The Kier molecular flexibility index (Phi) is 6.41. The summed E-state index contributed by atoms with van der Waals surface area (Å²) in [6, 6.07) is 4.76. The number of amides is 1. The van der Waals surface area contributed by atoms with Gasteiger partial charge in [0, 0.05) is 13.1 Å². The molecular formula is C21H26N2O6. The Morgan fingerprint density at radius 1 is 1.21 bits per heavy atom. The Morgan fingerprint density at radius 3 is 2.55 bits per heavy atom. The van der Waals surface area contributed by atoms with Gasteiger partial charge in [-0.2, -0.15) is 0 Å². The number of ether oxygens (including phenoxy) is 3. The van der Waals surface area contributed by atoms with E-state index in [-0.39, 0.29) is 18.1 Å². The molecule has 1 fully saturated rings. The molecule has 1 saturated heterocycles. The van der Waals surface area contributed by atoms with Gasteiger partial charge in [-0.1, -0.05) is 5.16 Å². The molecule has 0 N–H and O–H groups in total. The first-order chi connectivity index (χ1) is 13.9. The van der Waals surface area contributed by atoms with Crippen molar-refractivity contribution in [3.63, 3.8) is 0 Å². The highest BCUT2D eigenvalue weighted by molar-refractivity contribution is 5.92. The van der Waals surface area contributed by atoms with Crippen molar-refractivity contribution in [1.82, 2.24) is 10.1 Å². The summed E-state index contributed by atoms with van der Waals surface area (Å²) in [5, 5.41) is 3.90. The molecule has 2 heterocycles. The second-order valence-electron chi connectivity index (χ2n) is 7.04. The van der Waals surface area contributed by atoms with Crippen LogP contribution in [0, 0.1) is 13.8 Å². The Bertz CT molecular complexity index is 866. The van der Waals surface area contributed by atoms with E-state index in [9.17, 15) is 9.59 Å². The van der Waals surface area contributed by atoms with Gasteiger partial charge in [0.2, 0.25) is 0 Å². The molecule has 1 aliphatic rings. The number of nitrogens with zero attached hydrogens (tertiary/aromatic N) is 2. The molecule has 8 nitrogen and oxygen atoms in total. The Morgan fingerprint density at radius 2 is 1.93 bits per heavy atom. The molecule has 1 aromatic carbocycles. The minimum atomic E-state index is -0.831. The maximum atomic E-state index is 12.5. The number of likely N-dealkylation sites (tertiary alicyclic amines) is 1. The summed E-state index contributed by atoms with van der Waals surface area (Å²) in [4.78, 5) is 26.5. The maximum Gasteiger partial charge on any atom is 0.339 e. The molecule has 0 aliphatic carbocycles. The molecule has 0 saturated carbocycles. The number of hydrogen-bond acceptors (Lipinski definition) is 7. The molecule has 0 bridgehead atoms. The molecule has 1 amide bonds. The topological polar surface area (TPSA) is 91.1 Å². The second kappa shape index (κ2) is 8.98. The van der Waals surface area contributed by atoms with Crippen LogP contribution in [0.2, 0.25) is 0 Å². The summed E-state index contributed by atoms with van der Waals surface area (Å²) in [5.74, 6) is 0.816. The number of aryl methyl sites for hydroxylation is 2. The Hall–Kier alpha value is -3.03.